The van der Waals surface area contributed by atoms with Crippen molar-refractivity contribution in [2.75, 3.05) is 5.73 Å². The molecule has 0 saturated carbocycles. The lowest BCUT2D eigenvalue weighted by atomic mass is 10.1. The van der Waals surface area contributed by atoms with Gasteiger partial charge in [-0.1, -0.05) is 24.3 Å². The predicted octanol–water partition coefficient (Wildman–Crippen LogP) is 1.60. The molecule has 22 heavy (non-hydrogen) atoms. The quantitative estimate of drug-likeness (QED) is 0.717. The number of nitrogens with zero attached hydrogens (tertiary/aromatic N) is 1. The van der Waals surface area contributed by atoms with Crippen LogP contribution in [0.25, 0.3) is 11.0 Å². The molecule has 0 radical (unpaired) electrons. The molecule has 7 heteroatoms. The molecule has 0 aliphatic heterocycles. The molecule has 6 nitrogen and oxygen atoms in total. The van der Waals surface area contributed by atoms with E-state index in [0.717, 1.165) is 9.54 Å². The molecule has 0 spiro atoms. The van der Waals surface area contributed by atoms with Crippen LogP contribution >= 0.6 is 0 Å². The second-order valence-corrected chi connectivity index (χ2v) is 6.97. The Morgan fingerprint density at radius 1 is 1.18 bits per heavy atom. The number of nitrogen functional groups attached to an aromatic ring is 1. The Morgan fingerprint density at radius 3 is 2.64 bits per heavy atom. The summed E-state index contributed by atoms with van der Waals surface area (Å²) in [4.78, 5) is 14.6. The molecule has 2 aromatic carbocycles. The molecule has 114 valence electrons. The zero-order valence-corrected chi connectivity index (χ0v) is 12.7. The third-order valence-corrected chi connectivity index (χ3v) is 5.14. The van der Waals surface area contributed by atoms with Crippen molar-refractivity contribution in [3.8, 4) is 0 Å². The van der Waals surface area contributed by atoms with E-state index in [0.29, 0.717) is 16.8 Å². The van der Waals surface area contributed by atoms with E-state index in [9.17, 15) is 13.2 Å². The fourth-order valence-corrected chi connectivity index (χ4v) is 4.00. The molecule has 3 N–H and O–H groups in total. The number of nitrogens with one attached hydrogen (secondary N) is 1. The summed E-state index contributed by atoms with van der Waals surface area (Å²) in [7, 11) is -3.85. The van der Waals surface area contributed by atoms with Crippen LogP contribution < -0.4 is 11.4 Å². The van der Waals surface area contributed by atoms with Crippen molar-refractivity contribution in [3.63, 3.8) is 0 Å². The van der Waals surface area contributed by atoms with Gasteiger partial charge in [0.15, 0.2) is 0 Å². The Labute approximate surface area is 127 Å². The van der Waals surface area contributed by atoms with Gasteiger partial charge in [-0.3, -0.25) is 0 Å². The van der Waals surface area contributed by atoms with Gasteiger partial charge < -0.3 is 10.7 Å². The first-order valence-electron chi connectivity index (χ1n) is 6.66. The number of rotatable bonds is 3. The molecular formula is C15H15N3O3S. The number of aryl methyl sites for hydroxylation is 1. The highest BCUT2D eigenvalue weighted by molar-refractivity contribution is 7.89. The molecule has 0 atom stereocenters. The minimum absolute atomic E-state index is 0.249. The van der Waals surface area contributed by atoms with Crippen LogP contribution in [0, 0.1) is 6.92 Å². The number of hydrogen-bond acceptors (Lipinski definition) is 4. The Balaban J connectivity index is 2.18. The number of anilines is 1. The van der Waals surface area contributed by atoms with Crippen molar-refractivity contribution >= 4 is 26.7 Å². The second-order valence-electron chi connectivity index (χ2n) is 5.15. The third-order valence-electron chi connectivity index (χ3n) is 3.54. The predicted molar refractivity (Wildman–Crippen MR) is 86.2 cm³/mol. The Kier molecular flexibility index (Phi) is 3.29. The normalized spacial score (nSPS) is 11.9. The van der Waals surface area contributed by atoms with Gasteiger partial charge in [0.1, 0.15) is 0 Å². The molecule has 3 aromatic rings. The van der Waals surface area contributed by atoms with Crippen LogP contribution in [-0.4, -0.2) is 17.4 Å². The van der Waals surface area contributed by atoms with E-state index in [-0.39, 0.29) is 11.3 Å². The fourth-order valence-electron chi connectivity index (χ4n) is 2.41. The smallest absolute Gasteiger partial charge is 0.340 e. The summed E-state index contributed by atoms with van der Waals surface area (Å²) in [5.41, 5.74) is 7.63. The maximum atomic E-state index is 12.7. The lowest BCUT2D eigenvalue weighted by Crippen LogP contribution is -2.26. The maximum absolute atomic E-state index is 12.7. The first-order chi connectivity index (χ1) is 10.4. The molecule has 0 aliphatic carbocycles. The van der Waals surface area contributed by atoms with Crippen LogP contribution in [0.5, 0.6) is 0 Å². The van der Waals surface area contributed by atoms with E-state index < -0.39 is 15.7 Å². The molecule has 0 unspecified atom stereocenters. The average Bonchev–Trinajstić information content (AvgIpc) is 2.77. The van der Waals surface area contributed by atoms with E-state index in [1.165, 1.54) is 6.07 Å². The van der Waals surface area contributed by atoms with Gasteiger partial charge in [-0.2, -0.15) is 3.97 Å². The average molecular weight is 317 g/mol. The van der Waals surface area contributed by atoms with Crippen LogP contribution in [0.2, 0.25) is 0 Å². The number of fused-ring (bicyclic) bond motifs is 1. The fraction of sp³-hybridized carbons (Fsp3) is 0.133. The number of aromatic nitrogens is 2. The molecule has 1 aromatic heterocycles. The highest BCUT2D eigenvalue weighted by Gasteiger charge is 2.21. The van der Waals surface area contributed by atoms with Gasteiger partial charge in [0.25, 0.3) is 0 Å². The van der Waals surface area contributed by atoms with Gasteiger partial charge in [0, 0.05) is 5.69 Å². The van der Waals surface area contributed by atoms with Crippen LogP contribution in [-0.2, 0) is 15.8 Å². The Hall–Kier alpha value is -2.54. The molecule has 0 bridgehead atoms. The van der Waals surface area contributed by atoms with Crippen molar-refractivity contribution in [1.82, 2.24) is 8.96 Å². The summed E-state index contributed by atoms with van der Waals surface area (Å²) < 4.78 is 26.1. The highest BCUT2D eigenvalue weighted by atomic mass is 32.2. The summed E-state index contributed by atoms with van der Waals surface area (Å²) in [5.74, 6) is -0.249. The summed E-state index contributed by atoms with van der Waals surface area (Å²) in [6.07, 6.45) is 0. The number of hydrogen-bond donors (Lipinski definition) is 2. The van der Waals surface area contributed by atoms with E-state index in [1.54, 1.807) is 24.3 Å². The van der Waals surface area contributed by atoms with Crippen molar-refractivity contribution in [3.05, 3.63) is 64.1 Å². The summed E-state index contributed by atoms with van der Waals surface area (Å²) in [6.45, 7) is 1.83. The summed E-state index contributed by atoms with van der Waals surface area (Å²) >= 11 is 0. The molecular weight excluding hydrogens is 302 g/mol. The van der Waals surface area contributed by atoms with Crippen molar-refractivity contribution in [2.45, 2.75) is 12.7 Å². The standard InChI is InChI=1S/C15H15N3O3S/c1-10-4-2-3-5-11(10)9-22(20,21)18-14-8-12(16)6-7-13(14)17-15(18)19/h2-8H,9,16H2,1H3,(H,17,19). The zero-order chi connectivity index (χ0) is 15.9. The zero-order valence-electron chi connectivity index (χ0n) is 11.9. The largest absolute Gasteiger partial charge is 0.399 e. The first-order valence-corrected chi connectivity index (χ1v) is 8.27. The summed E-state index contributed by atoms with van der Waals surface area (Å²) in [5, 5.41) is 0. The molecule has 0 fully saturated rings. The lowest BCUT2D eigenvalue weighted by Gasteiger charge is -2.08. The van der Waals surface area contributed by atoms with E-state index in [2.05, 4.69) is 4.98 Å². The summed E-state index contributed by atoms with van der Waals surface area (Å²) in [6, 6.07) is 11.9. The monoisotopic (exact) mass is 317 g/mol. The Morgan fingerprint density at radius 2 is 1.91 bits per heavy atom. The number of aromatic amines is 1. The maximum Gasteiger partial charge on any atom is 0.340 e. The second kappa shape index (κ2) is 5.03. The van der Waals surface area contributed by atoms with Gasteiger partial charge in [-0.15, -0.1) is 0 Å². The minimum atomic E-state index is -3.85. The van der Waals surface area contributed by atoms with Crippen LogP contribution in [0.1, 0.15) is 11.1 Å². The SMILES string of the molecule is Cc1ccccc1CS(=O)(=O)n1c(=O)[nH]c2ccc(N)cc21. The van der Waals surface area contributed by atoms with Crippen LogP contribution in [0.15, 0.2) is 47.3 Å². The molecule has 3 rings (SSSR count). The topological polar surface area (TPSA) is 98.0 Å². The minimum Gasteiger partial charge on any atom is -0.399 e. The first kappa shape index (κ1) is 14.4. The molecule has 0 amide bonds. The van der Waals surface area contributed by atoms with Crippen molar-refractivity contribution in [1.29, 1.82) is 0 Å². The van der Waals surface area contributed by atoms with Crippen molar-refractivity contribution in [2.24, 2.45) is 0 Å². The lowest BCUT2D eigenvalue weighted by molar-refractivity contribution is 0.586. The molecule has 0 saturated heterocycles. The Bertz CT molecular complexity index is 1020. The number of nitrogens with two attached hydrogens (primary N) is 1. The molecule has 1 heterocycles. The van der Waals surface area contributed by atoms with E-state index in [1.807, 2.05) is 19.1 Å². The highest BCUT2D eigenvalue weighted by Crippen LogP contribution is 2.19. The van der Waals surface area contributed by atoms with Gasteiger partial charge in [-0.25, -0.2) is 13.2 Å². The van der Waals surface area contributed by atoms with Gasteiger partial charge >= 0.3 is 5.69 Å². The van der Waals surface area contributed by atoms with Gasteiger partial charge in [0.2, 0.25) is 10.0 Å². The third kappa shape index (κ3) is 2.39. The van der Waals surface area contributed by atoms with Crippen LogP contribution in [0.3, 0.4) is 0 Å². The van der Waals surface area contributed by atoms with Gasteiger partial charge in [-0.05, 0) is 36.2 Å². The number of H-pyrrole nitrogens is 1. The van der Waals surface area contributed by atoms with E-state index >= 15 is 0 Å². The van der Waals surface area contributed by atoms with Crippen molar-refractivity contribution < 1.29 is 8.42 Å². The van der Waals surface area contributed by atoms with E-state index in [4.69, 9.17) is 5.73 Å². The van der Waals surface area contributed by atoms with Gasteiger partial charge in [0.05, 0.1) is 16.8 Å². The molecule has 0 aliphatic rings. The van der Waals surface area contributed by atoms with Crippen LogP contribution in [0.4, 0.5) is 5.69 Å². The number of imidazole rings is 1. The number of benzene rings is 2.